The summed E-state index contributed by atoms with van der Waals surface area (Å²) in [5.41, 5.74) is 1.11. The van der Waals surface area contributed by atoms with Crippen molar-refractivity contribution in [2.24, 2.45) is 4.40 Å². The van der Waals surface area contributed by atoms with Gasteiger partial charge in [-0.3, -0.25) is 4.79 Å². The van der Waals surface area contributed by atoms with Gasteiger partial charge in [0.15, 0.2) is 5.17 Å². The maximum atomic E-state index is 13.1. The van der Waals surface area contributed by atoms with E-state index in [0.717, 1.165) is 22.7 Å². The number of piperazine rings is 1. The largest absolute Gasteiger partial charge is 0.416 e. The number of hydrogen-bond acceptors (Lipinski definition) is 6. The molecule has 12 heteroatoms. The standard InChI is InChI=1S/C21H19F3N4O3S2/c22-21(23,24)15-2-1-3-16(13-15)26-6-8-27(9-7-26)19(29)14-4-5-17-18(12-14)32-20-25-33(30,31)11-10-28(17)20/h1-5,12-13H,6-11H2. The second-order valence-corrected chi connectivity index (χ2v) is 10.7. The molecule has 0 bridgehead atoms. The van der Waals surface area contributed by atoms with Crippen LogP contribution in [0.25, 0.3) is 0 Å². The fraction of sp³-hybridized carbons (Fsp3) is 0.333. The van der Waals surface area contributed by atoms with Gasteiger partial charge in [-0.05, 0) is 48.2 Å². The van der Waals surface area contributed by atoms with Crippen LogP contribution < -0.4 is 9.80 Å². The van der Waals surface area contributed by atoms with Gasteiger partial charge in [0.2, 0.25) is 0 Å². The van der Waals surface area contributed by atoms with Gasteiger partial charge in [0.05, 0.1) is 17.0 Å². The van der Waals surface area contributed by atoms with E-state index in [1.54, 1.807) is 29.2 Å². The summed E-state index contributed by atoms with van der Waals surface area (Å²) >= 11 is 1.23. The number of carbonyl (C=O) groups excluding carboxylic acids is 1. The average molecular weight is 497 g/mol. The van der Waals surface area contributed by atoms with Crippen LogP contribution in [0.5, 0.6) is 0 Å². The maximum absolute atomic E-state index is 13.1. The lowest BCUT2D eigenvalue weighted by Gasteiger charge is -2.36. The number of amidine groups is 1. The molecule has 0 atom stereocenters. The summed E-state index contributed by atoms with van der Waals surface area (Å²) in [5, 5.41) is 0.399. The number of rotatable bonds is 2. The molecule has 0 saturated carbocycles. The Hall–Kier alpha value is -2.73. The zero-order chi connectivity index (χ0) is 23.4. The van der Waals surface area contributed by atoms with E-state index in [4.69, 9.17) is 0 Å². The molecule has 33 heavy (non-hydrogen) atoms. The molecule has 3 aliphatic rings. The fourth-order valence-electron chi connectivity index (χ4n) is 4.09. The van der Waals surface area contributed by atoms with Gasteiger partial charge in [-0.15, -0.1) is 4.40 Å². The highest BCUT2D eigenvalue weighted by Gasteiger charge is 2.34. The van der Waals surface area contributed by atoms with Crippen molar-refractivity contribution in [3.8, 4) is 0 Å². The third-order valence-corrected chi connectivity index (χ3v) is 8.13. The Labute approximate surface area is 192 Å². The molecule has 0 aromatic heterocycles. The van der Waals surface area contributed by atoms with Crippen molar-refractivity contribution < 1.29 is 26.4 Å². The highest BCUT2D eigenvalue weighted by molar-refractivity contribution is 8.15. The van der Waals surface area contributed by atoms with E-state index in [1.165, 1.54) is 17.8 Å². The van der Waals surface area contributed by atoms with Crippen LogP contribution >= 0.6 is 11.8 Å². The molecule has 0 spiro atoms. The van der Waals surface area contributed by atoms with E-state index >= 15 is 0 Å². The topological polar surface area (TPSA) is 73.3 Å². The first-order valence-corrected chi connectivity index (χ1v) is 12.7. The molecule has 2 aromatic carbocycles. The monoisotopic (exact) mass is 496 g/mol. The maximum Gasteiger partial charge on any atom is 0.416 e. The molecule has 0 aliphatic carbocycles. The molecule has 3 aliphatic heterocycles. The van der Waals surface area contributed by atoms with Gasteiger partial charge in [0.1, 0.15) is 0 Å². The van der Waals surface area contributed by atoms with E-state index in [9.17, 15) is 26.4 Å². The molecule has 1 saturated heterocycles. The molecule has 0 unspecified atom stereocenters. The summed E-state index contributed by atoms with van der Waals surface area (Å²) < 4.78 is 66.4. The predicted octanol–water partition coefficient (Wildman–Crippen LogP) is 3.28. The minimum Gasteiger partial charge on any atom is -0.368 e. The highest BCUT2D eigenvalue weighted by atomic mass is 32.2. The number of benzene rings is 2. The molecule has 1 fully saturated rings. The lowest BCUT2D eigenvalue weighted by atomic mass is 10.1. The number of carbonyl (C=O) groups is 1. The SMILES string of the molecule is O=C(c1ccc2c(c1)SC1=NS(=O)(=O)CCN12)N1CCN(c2cccc(C(F)(F)F)c2)CC1. The van der Waals surface area contributed by atoms with Crippen molar-refractivity contribution in [3.05, 3.63) is 53.6 Å². The number of anilines is 2. The first-order chi connectivity index (χ1) is 15.6. The first kappa shape index (κ1) is 22.1. The summed E-state index contributed by atoms with van der Waals surface area (Å²) in [6.07, 6.45) is -4.40. The van der Waals surface area contributed by atoms with Crippen molar-refractivity contribution in [3.63, 3.8) is 0 Å². The molecular formula is C21H19F3N4O3S2. The van der Waals surface area contributed by atoms with Crippen LogP contribution in [0.2, 0.25) is 0 Å². The minimum atomic E-state index is -4.40. The quantitative estimate of drug-likeness (QED) is 0.636. The summed E-state index contributed by atoms with van der Waals surface area (Å²) in [7, 11) is -3.45. The molecule has 7 nitrogen and oxygen atoms in total. The van der Waals surface area contributed by atoms with Crippen molar-refractivity contribution >= 4 is 44.2 Å². The Kier molecular flexibility index (Phi) is 5.31. The smallest absolute Gasteiger partial charge is 0.368 e. The lowest BCUT2D eigenvalue weighted by molar-refractivity contribution is -0.137. The Morgan fingerprint density at radius 2 is 1.76 bits per heavy atom. The molecule has 1 amide bonds. The zero-order valence-corrected chi connectivity index (χ0v) is 18.9. The zero-order valence-electron chi connectivity index (χ0n) is 17.2. The molecule has 0 N–H and O–H groups in total. The molecule has 3 heterocycles. The van der Waals surface area contributed by atoms with Crippen molar-refractivity contribution in [2.75, 3.05) is 48.3 Å². The van der Waals surface area contributed by atoms with Gasteiger partial charge in [0, 0.05) is 48.9 Å². The normalized spacial score (nSPS) is 19.7. The Bertz CT molecular complexity index is 1260. The molecule has 0 radical (unpaired) electrons. The van der Waals surface area contributed by atoms with Crippen molar-refractivity contribution in [1.82, 2.24) is 4.90 Å². The minimum absolute atomic E-state index is 0.0483. The summed E-state index contributed by atoms with van der Waals surface area (Å²) in [6, 6.07) is 10.5. The van der Waals surface area contributed by atoms with E-state index in [2.05, 4.69) is 4.40 Å². The van der Waals surface area contributed by atoms with E-state index in [-0.39, 0.29) is 11.7 Å². The van der Waals surface area contributed by atoms with Gasteiger partial charge in [0.25, 0.3) is 15.9 Å². The Balaban J connectivity index is 1.27. The molecule has 5 rings (SSSR count). The number of thioether (sulfide) groups is 1. The third kappa shape index (κ3) is 4.29. The van der Waals surface area contributed by atoms with Gasteiger partial charge < -0.3 is 14.7 Å². The number of alkyl halides is 3. The van der Waals surface area contributed by atoms with Crippen LogP contribution in [0.15, 0.2) is 51.8 Å². The lowest BCUT2D eigenvalue weighted by Crippen LogP contribution is -2.48. The molecule has 174 valence electrons. The van der Waals surface area contributed by atoms with Crippen molar-refractivity contribution in [2.45, 2.75) is 11.1 Å². The summed E-state index contributed by atoms with van der Waals surface area (Å²) in [6.45, 7) is 1.95. The van der Waals surface area contributed by atoms with Gasteiger partial charge in [-0.1, -0.05) is 6.07 Å². The average Bonchev–Trinajstić information content (AvgIpc) is 3.13. The van der Waals surface area contributed by atoms with Crippen LogP contribution in [0.4, 0.5) is 24.5 Å². The summed E-state index contributed by atoms with van der Waals surface area (Å²) in [4.78, 5) is 19.2. The second kappa shape index (κ2) is 7.94. The van der Waals surface area contributed by atoms with E-state index < -0.39 is 21.8 Å². The first-order valence-electron chi connectivity index (χ1n) is 10.2. The van der Waals surface area contributed by atoms with E-state index in [1.807, 2.05) is 9.80 Å². The van der Waals surface area contributed by atoms with Crippen LogP contribution in [0, 0.1) is 0 Å². The van der Waals surface area contributed by atoms with E-state index in [0.29, 0.717) is 49.1 Å². The molecule has 2 aromatic rings. The van der Waals surface area contributed by atoms with Gasteiger partial charge in [-0.25, -0.2) is 8.42 Å². The Morgan fingerprint density at radius 3 is 2.48 bits per heavy atom. The van der Waals surface area contributed by atoms with Gasteiger partial charge in [-0.2, -0.15) is 13.2 Å². The van der Waals surface area contributed by atoms with Crippen molar-refractivity contribution in [1.29, 1.82) is 0 Å². The number of amides is 1. The third-order valence-electron chi connectivity index (χ3n) is 5.83. The highest BCUT2D eigenvalue weighted by Crippen LogP contribution is 2.42. The van der Waals surface area contributed by atoms with Crippen LogP contribution in [-0.4, -0.2) is 62.9 Å². The number of fused-ring (bicyclic) bond motifs is 3. The number of halogens is 3. The fourth-order valence-corrected chi connectivity index (χ4v) is 6.39. The van der Waals surface area contributed by atoms with Gasteiger partial charge >= 0.3 is 6.18 Å². The number of hydrogen-bond donors (Lipinski definition) is 0. The van der Waals surface area contributed by atoms with Crippen LogP contribution in [-0.2, 0) is 16.2 Å². The summed E-state index contributed by atoms with van der Waals surface area (Å²) in [5.74, 6) is -0.214. The Morgan fingerprint density at radius 1 is 1.00 bits per heavy atom. The predicted molar refractivity (Wildman–Crippen MR) is 120 cm³/mol. The number of sulfonamides is 1. The van der Waals surface area contributed by atoms with Crippen LogP contribution in [0.1, 0.15) is 15.9 Å². The van der Waals surface area contributed by atoms with Crippen LogP contribution in [0.3, 0.4) is 0 Å². The second-order valence-electron chi connectivity index (χ2n) is 7.92. The number of nitrogens with zero attached hydrogens (tertiary/aromatic N) is 4. The molecular weight excluding hydrogens is 477 g/mol.